The zero-order chi connectivity index (χ0) is 22.3. The van der Waals surface area contributed by atoms with E-state index >= 15 is 0 Å². The molecule has 0 aromatic heterocycles. The minimum absolute atomic E-state index is 0. The molecule has 2 N–H and O–H groups in total. The van der Waals surface area contributed by atoms with E-state index in [2.05, 4.69) is 15.6 Å². The van der Waals surface area contributed by atoms with Crippen LogP contribution in [0, 0.1) is 0 Å². The van der Waals surface area contributed by atoms with Crippen molar-refractivity contribution in [3.8, 4) is 0 Å². The number of nitrogens with zero attached hydrogens (tertiary/aromatic N) is 3. The first kappa shape index (κ1) is 26.9. The Balaban J connectivity index is 0.00000480. The highest BCUT2D eigenvalue weighted by molar-refractivity contribution is 14.0. The number of carbonyl (C=O) groups excluding carboxylic acids is 1. The number of halogens is 1. The number of nitrogens with one attached hydrogen (secondary N) is 2. The van der Waals surface area contributed by atoms with Crippen LogP contribution in [-0.2, 0) is 23.1 Å². The van der Waals surface area contributed by atoms with E-state index in [0.717, 1.165) is 5.56 Å². The van der Waals surface area contributed by atoms with Crippen LogP contribution in [0.25, 0.3) is 0 Å². The number of hydrogen-bond donors (Lipinski definition) is 2. The maximum Gasteiger partial charge on any atom is 0.253 e. The predicted octanol–water partition coefficient (Wildman–Crippen LogP) is 2.12. The zero-order valence-corrected chi connectivity index (χ0v) is 21.6. The number of carbonyl (C=O) groups is 1. The lowest BCUT2D eigenvalue weighted by Gasteiger charge is -2.17. The highest BCUT2D eigenvalue weighted by atomic mass is 127. The van der Waals surface area contributed by atoms with Crippen LogP contribution in [0.4, 0.5) is 0 Å². The molecule has 2 aromatic rings. The summed E-state index contributed by atoms with van der Waals surface area (Å²) in [4.78, 5) is 17.9. The number of benzene rings is 2. The van der Waals surface area contributed by atoms with Crippen LogP contribution < -0.4 is 10.6 Å². The van der Waals surface area contributed by atoms with E-state index in [4.69, 9.17) is 0 Å². The van der Waals surface area contributed by atoms with Crippen molar-refractivity contribution in [1.82, 2.24) is 19.8 Å². The summed E-state index contributed by atoms with van der Waals surface area (Å²) in [5.41, 5.74) is 2.27. The third kappa shape index (κ3) is 7.18. The van der Waals surface area contributed by atoms with Gasteiger partial charge in [0.1, 0.15) is 0 Å². The fourth-order valence-electron chi connectivity index (χ4n) is 2.71. The van der Waals surface area contributed by atoms with E-state index in [9.17, 15) is 13.2 Å². The van der Waals surface area contributed by atoms with Crippen molar-refractivity contribution < 1.29 is 13.2 Å². The molecule has 0 saturated heterocycles. The number of hydrogen-bond acceptors (Lipinski definition) is 4. The zero-order valence-electron chi connectivity index (χ0n) is 18.4. The number of sulfonamides is 1. The highest BCUT2D eigenvalue weighted by Gasteiger charge is 2.20. The Morgan fingerprint density at radius 1 is 0.935 bits per heavy atom. The van der Waals surface area contributed by atoms with Gasteiger partial charge in [0.05, 0.1) is 4.90 Å². The quantitative estimate of drug-likeness (QED) is 0.308. The van der Waals surface area contributed by atoms with Gasteiger partial charge in [-0.2, -0.15) is 0 Å². The van der Waals surface area contributed by atoms with Crippen LogP contribution in [0.3, 0.4) is 0 Å². The van der Waals surface area contributed by atoms with E-state index in [1.807, 2.05) is 12.1 Å². The normalized spacial score (nSPS) is 11.6. The Labute approximate surface area is 201 Å². The molecule has 0 radical (unpaired) electrons. The molecule has 10 heteroatoms. The fourth-order valence-corrected chi connectivity index (χ4v) is 3.82. The average Bonchev–Trinajstić information content (AvgIpc) is 2.73. The van der Waals surface area contributed by atoms with Gasteiger partial charge in [-0.1, -0.05) is 30.3 Å². The summed E-state index contributed by atoms with van der Waals surface area (Å²) in [6.07, 6.45) is 0. The molecular weight excluding hydrogens is 529 g/mol. The fraction of sp³-hybridized carbons (Fsp3) is 0.333. The lowest BCUT2D eigenvalue weighted by Crippen LogP contribution is -2.36. The smallest absolute Gasteiger partial charge is 0.253 e. The van der Waals surface area contributed by atoms with Crippen LogP contribution in [0.1, 0.15) is 21.5 Å². The standard InChI is InChI=1S/C21H29N5O3S.HI/c1-22-21(23-14-16-10-12-17(13-11-16)20(27)25(2)3)24-15-18-8-6-7-9-19(18)30(28,29)26(4)5;/h6-13H,14-15H2,1-5H3,(H2,22,23,24);1H. The molecule has 0 spiro atoms. The minimum Gasteiger partial charge on any atom is -0.352 e. The molecular formula is C21H30IN5O3S. The summed E-state index contributed by atoms with van der Waals surface area (Å²) in [6, 6.07) is 14.2. The summed E-state index contributed by atoms with van der Waals surface area (Å²) >= 11 is 0. The van der Waals surface area contributed by atoms with Crippen LogP contribution in [0.5, 0.6) is 0 Å². The van der Waals surface area contributed by atoms with Gasteiger partial charge < -0.3 is 15.5 Å². The van der Waals surface area contributed by atoms with Crippen LogP contribution in [-0.4, -0.2) is 64.7 Å². The summed E-state index contributed by atoms with van der Waals surface area (Å²) in [5.74, 6) is 0.499. The van der Waals surface area contributed by atoms with Crippen molar-refractivity contribution in [2.75, 3.05) is 35.2 Å². The second-order valence-corrected chi connectivity index (χ2v) is 9.19. The number of rotatable bonds is 7. The van der Waals surface area contributed by atoms with Crippen LogP contribution in [0.15, 0.2) is 58.4 Å². The largest absolute Gasteiger partial charge is 0.352 e. The van der Waals surface area contributed by atoms with E-state index < -0.39 is 10.0 Å². The first-order valence-corrected chi connectivity index (χ1v) is 10.9. The van der Waals surface area contributed by atoms with Gasteiger partial charge in [-0.3, -0.25) is 9.79 Å². The minimum atomic E-state index is -3.53. The maximum absolute atomic E-state index is 12.5. The Morgan fingerprint density at radius 2 is 1.52 bits per heavy atom. The Morgan fingerprint density at radius 3 is 2.06 bits per heavy atom. The van der Waals surface area contributed by atoms with Gasteiger partial charge in [-0.25, -0.2) is 12.7 Å². The van der Waals surface area contributed by atoms with Gasteiger partial charge in [-0.05, 0) is 29.3 Å². The lowest BCUT2D eigenvalue weighted by atomic mass is 10.1. The van der Waals surface area contributed by atoms with Gasteiger partial charge in [0.25, 0.3) is 5.91 Å². The monoisotopic (exact) mass is 559 g/mol. The number of aliphatic imine (C=N–C) groups is 1. The molecule has 0 aliphatic rings. The van der Waals surface area contributed by atoms with Gasteiger partial charge in [-0.15, -0.1) is 24.0 Å². The Bertz CT molecular complexity index is 1010. The molecule has 1 amide bonds. The lowest BCUT2D eigenvalue weighted by molar-refractivity contribution is 0.0827. The molecule has 31 heavy (non-hydrogen) atoms. The van der Waals surface area contributed by atoms with Gasteiger partial charge >= 0.3 is 0 Å². The SMILES string of the molecule is CN=C(NCc1ccc(C(=O)N(C)C)cc1)NCc1ccccc1S(=O)(=O)N(C)C.I. The van der Waals surface area contributed by atoms with Crippen molar-refractivity contribution in [2.24, 2.45) is 4.99 Å². The van der Waals surface area contributed by atoms with Crippen LogP contribution >= 0.6 is 24.0 Å². The number of amides is 1. The van der Waals surface area contributed by atoms with Crippen molar-refractivity contribution in [1.29, 1.82) is 0 Å². The molecule has 170 valence electrons. The second-order valence-electron chi connectivity index (χ2n) is 7.07. The van der Waals surface area contributed by atoms with E-state index in [-0.39, 0.29) is 34.8 Å². The third-order valence-corrected chi connectivity index (χ3v) is 6.38. The van der Waals surface area contributed by atoms with Gasteiger partial charge in [0.15, 0.2) is 5.96 Å². The molecule has 0 aliphatic carbocycles. The van der Waals surface area contributed by atoms with Crippen LogP contribution in [0.2, 0.25) is 0 Å². The molecule has 2 rings (SSSR count). The van der Waals surface area contributed by atoms with Crippen molar-refractivity contribution >= 4 is 45.9 Å². The molecule has 2 aromatic carbocycles. The first-order valence-electron chi connectivity index (χ1n) is 9.42. The first-order chi connectivity index (χ1) is 14.2. The molecule has 8 nitrogen and oxygen atoms in total. The van der Waals surface area contributed by atoms with Crippen molar-refractivity contribution in [2.45, 2.75) is 18.0 Å². The molecule has 0 bridgehead atoms. The van der Waals surface area contributed by atoms with E-state index in [0.29, 0.717) is 30.2 Å². The summed E-state index contributed by atoms with van der Waals surface area (Å²) < 4.78 is 26.2. The second kappa shape index (κ2) is 12.0. The summed E-state index contributed by atoms with van der Waals surface area (Å²) in [7, 11) is 4.57. The summed E-state index contributed by atoms with van der Waals surface area (Å²) in [6.45, 7) is 0.812. The maximum atomic E-state index is 12.5. The highest BCUT2D eigenvalue weighted by Crippen LogP contribution is 2.18. The predicted molar refractivity (Wildman–Crippen MR) is 134 cm³/mol. The van der Waals surface area contributed by atoms with Crippen molar-refractivity contribution in [3.05, 3.63) is 65.2 Å². The van der Waals surface area contributed by atoms with Crippen molar-refractivity contribution in [3.63, 3.8) is 0 Å². The van der Waals surface area contributed by atoms with Gasteiger partial charge in [0, 0.05) is 53.9 Å². The average molecular weight is 559 g/mol. The van der Waals surface area contributed by atoms with E-state index in [1.54, 1.807) is 57.5 Å². The molecule has 0 unspecified atom stereocenters. The molecule has 0 atom stereocenters. The third-order valence-electron chi connectivity index (χ3n) is 4.47. The Hall–Kier alpha value is -2.18. The Kier molecular flexibility index (Phi) is 10.4. The molecule has 0 fully saturated rings. The number of guanidine groups is 1. The summed E-state index contributed by atoms with van der Waals surface area (Å²) in [5, 5.41) is 6.34. The molecule has 0 saturated carbocycles. The van der Waals surface area contributed by atoms with E-state index in [1.165, 1.54) is 23.3 Å². The molecule has 0 aliphatic heterocycles. The molecule has 0 heterocycles. The van der Waals surface area contributed by atoms with Gasteiger partial charge in [0.2, 0.25) is 10.0 Å². The topological polar surface area (TPSA) is 94.1 Å².